The van der Waals surface area contributed by atoms with Gasteiger partial charge >= 0.3 is 0 Å². The van der Waals surface area contributed by atoms with Gasteiger partial charge in [-0.25, -0.2) is 4.39 Å². The quantitative estimate of drug-likeness (QED) is 0.861. The summed E-state index contributed by atoms with van der Waals surface area (Å²) in [5.41, 5.74) is 6.06. The van der Waals surface area contributed by atoms with Crippen LogP contribution in [0.1, 0.15) is 48.0 Å². The predicted molar refractivity (Wildman–Crippen MR) is 68.6 cm³/mol. The summed E-state index contributed by atoms with van der Waals surface area (Å²) in [6.07, 6.45) is 6.07. The normalized spacial score (nSPS) is 16.7. The summed E-state index contributed by atoms with van der Waals surface area (Å²) in [4.78, 5) is 11.0. The number of benzene rings is 1. The van der Waals surface area contributed by atoms with Crippen molar-refractivity contribution in [3.8, 4) is 0 Å². The molecule has 1 aliphatic carbocycles. The fourth-order valence-corrected chi connectivity index (χ4v) is 2.42. The molecular weight excluding hydrogens is 231 g/mol. The Hall–Kier alpha value is -1.42. The van der Waals surface area contributed by atoms with Crippen molar-refractivity contribution in [3.05, 3.63) is 35.1 Å². The standard InChI is InChI=1S/C14H19FN2O/c15-13-7-6-10(14(16)18)8-11(13)9-17-12-4-2-1-3-5-12/h6-8,12,17H,1-5,9H2,(H2,16,18). The molecule has 2 rings (SSSR count). The van der Waals surface area contributed by atoms with Crippen LogP contribution in [0.25, 0.3) is 0 Å². The molecule has 18 heavy (non-hydrogen) atoms. The SMILES string of the molecule is NC(=O)c1ccc(F)c(CNC2CCCCC2)c1. The van der Waals surface area contributed by atoms with Gasteiger partial charge in [-0.05, 0) is 31.0 Å². The summed E-state index contributed by atoms with van der Waals surface area (Å²) >= 11 is 0. The number of rotatable bonds is 4. The van der Waals surface area contributed by atoms with Gasteiger partial charge in [0.05, 0.1) is 0 Å². The molecule has 0 aromatic heterocycles. The highest BCUT2D eigenvalue weighted by atomic mass is 19.1. The van der Waals surface area contributed by atoms with Crippen LogP contribution in [0.4, 0.5) is 4.39 Å². The number of halogens is 1. The van der Waals surface area contributed by atoms with Crippen LogP contribution in [0.5, 0.6) is 0 Å². The maximum absolute atomic E-state index is 13.6. The Kier molecular flexibility index (Phi) is 4.31. The van der Waals surface area contributed by atoms with Crippen LogP contribution >= 0.6 is 0 Å². The highest BCUT2D eigenvalue weighted by Gasteiger charge is 2.14. The van der Waals surface area contributed by atoms with E-state index in [1.54, 1.807) is 0 Å². The minimum Gasteiger partial charge on any atom is -0.366 e. The lowest BCUT2D eigenvalue weighted by Crippen LogP contribution is -2.30. The number of primary amides is 1. The van der Waals surface area contributed by atoms with E-state index < -0.39 is 5.91 Å². The van der Waals surface area contributed by atoms with Crippen LogP contribution < -0.4 is 11.1 Å². The Morgan fingerprint density at radius 3 is 2.72 bits per heavy atom. The van der Waals surface area contributed by atoms with Crippen molar-refractivity contribution in [1.82, 2.24) is 5.32 Å². The first kappa shape index (κ1) is 13.0. The van der Waals surface area contributed by atoms with Gasteiger partial charge in [-0.3, -0.25) is 4.79 Å². The van der Waals surface area contributed by atoms with Crippen molar-refractivity contribution >= 4 is 5.91 Å². The molecule has 1 aliphatic rings. The topological polar surface area (TPSA) is 55.1 Å². The van der Waals surface area contributed by atoms with Gasteiger partial charge in [-0.1, -0.05) is 19.3 Å². The van der Waals surface area contributed by atoms with Crippen molar-refractivity contribution in [1.29, 1.82) is 0 Å². The minimum absolute atomic E-state index is 0.289. The van der Waals surface area contributed by atoms with E-state index in [9.17, 15) is 9.18 Å². The van der Waals surface area contributed by atoms with Gasteiger partial charge < -0.3 is 11.1 Å². The second-order valence-corrected chi connectivity index (χ2v) is 4.89. The summed E-state index contributed by atoms with van der Waals surface area (Å²) in [5, 5.41) is 3.35. The third kappa shape index (κ3) is 3.29. The van der Waals surface area contributed by atoms with Crippen LogP contribution in [-0.2, 0) is 6.54 Å². The van der Waals surface area contributed by atoms with E-state index in [4.69, 9.17) is 5.73 Å². The first-order chi connectivity index (χ1) is 8.66. The molecule has 0 unspecified atom stereocenters. The van der Waals surface area contributed by atoms with Gasteiger partial charge in [0.2, 0.25) is 5.91 Å². The number of carbonyl (C=O) groups is 1. The average Bonchev–Trinajstić information content (AvgIpc) is 2.38. The molecule has 3 nitrogen and oxygen atoms in total. The van der Waals surface area contributed by atoms with Crippen LogP contribution in [0, 0.1) is 5.82 Å². The first-order valence-electron chi connectivity index (χ1n) is 6.48. The van der Waals surface area contributed by atoms with E-state index in [2.05, 4.69) is 5.32 Å². The summed E-state index contributed by atoms with van der Waals surface area (Å²) in [7, 11) is 0. The Balaban J connectivity index is 1.99. The molecule has 1 aromatic rings. The molecule has 1 saturated carbocycles. The van der Waals surface area contributed by atoms with Gasteiger partial charge in [0, 0.05) is 23.7 Å². The van der Waals surface area contributed by atoms with Crippen LogP contribution in [0.15, 0.2) is 18.2 Å². The molecule has 3 N–H and O–H groups in total. The van der Waals surface area contributed by atoms with E-state index >= 15 is 0 Å². The summed E-state index contributed by atoms with van der Waals surface area (Å²) in [5.74, 6) is -0.808. The van der Waals surface area contributed by atoms with Gasteiger partial charge in [-0.15, -0.1) is 0 Å². The van der Waals surface area contributed by atoms with E-state index in [0.717, 1.165) is 12.8 Å². The maximum Gasteiger partial charge on any atom is 0.248 e. The molecule has 0 bridgehead atoms. The van der Waals surface area contributed by atoms with Gasteiger partial charge in [-0.2, -0.15) is 0 Å². The zero-order valence-electron chi connectivity index (χ0n) is 10.4. The molecule has 1 aromatic carbocycles. The van der Waals surface area contributed by atoms with Crippen molar-refractivity contribution in [2.24, 2.45) is 5.73 Å². The van der Waals surface area contributed by atoms with E-state index in [-0.39, 0.29) is 5.82 Å². The lowest BCUT2D eigenvalue weighted by atomic mass is 9.95. The van der Waals surface area contributed by atoms with Crippen molar-refractivity contribution in [2.45, 2.75) is 44.7 Å². The summed E-state index contributed by atoms with van der Waals surface area (Å²) < 4.78 is 13.6. The number of amides is 1. The molecule has 0 radical (unpaired) electrons. The van der Waals surface area contributed by atoms with Crippen molar-refractivity contribution in [3.63, 3.8) is 0 Å². The highest BCUT2D eigenvalue weighted by Crippen LogP contribution is 2.18. The van der Waals surface area contributed by atoms with Crippen molar-refractivity contribution < 1.29 is 9.18 Å². The molecular formula is C14H19FN2O. The number of nitrogens with two attached hydrogens (primary N) is 1. The fraction of sp³-hybridized carbons (Fsp3) is 0.500. The Bertz CT molecular complexity index is 428. The van der Waals surface area contributed by atoms with Crippen LogP contribution in [0.3, 0.4) is 0 Å². The zero-order chi connectivity index (χ0) is 13.0. The fourth-order valence-electron chi connectivity index (χ4n) is 2.42. The molecule has 0 heterocycles. The number of carbonyl (C=O) groups excluding carboxylic acids is 1. The lowest BCUT2D eigenvalue weighted by Gasteiger charge is -2.23. The molecule has 0 saturated heterocycles. The predicted octanol–water partition coefficient (Wildman–Crippen LogP) is 2.35. The Labute approximate surface area is 107 Å². The van der Waals surface area contributed by atoms with Crippen molar-refractivity contribution in [2.75, 3.05) is 0 Å². The zero-order valence-corrected chi connectivity index (χ0v) is 10.4. The van der Waals surface area contributed by atoms with Gasteiger partial charge in [0.1, 0.15) is 5.82 Å². The monoisotopic (exact) mass is 250 g/mol. The van der Waals surface area contributed by atoms with E-state index in [1.165, 1.54) is 37.5 Å². The van der Waals surface area contributed by atoms with E-state index in [1.807, 2.05) is 0 Å². The van der Waals surface area contributed by atoms with Gasteiger partial charge in [0.15, 0.2) is 0 Å². The maximum atomic E-state index is 13.6. The number of hydrogen-bond acceptors (Lipinski definition) is 2. The van der Waals surface area contributed by atoms with Crippen LogP contribution in [0.2, 0.25) is 0 Å². The molecule has 98 valence electrons. The summed E-state index contributed by atoms with van der Waals surface area (Å²) in [6.45, 7) is 0.456. The van der Waals surface area contributed by atoms with Gasteiger partial charge in [0.25, 0.3) is 0 Å². The third-order valence-electron chi connectivity index (χ3n) is 3.52. The highest BCUT2D eigenvalue weighted by molar-refractivity contribution is 5.92. The largest absolute Gasteiger partial charge is 0.366 e. The molecule has 0 aliphatic heterocycles. The number of hydrogen-bond donors (Lipinski definition) is 2. The smallest absolute Gasteiger partial charge is 0.248 e. The Morgan fingerprint density at radius 2 is 2.06 bits per heavy atom. The minimum atomic E-state index is -0.520. The van der Waals surface area contributed by atoms with Crippen LogP contribution in [-0.4, -0.2) is 11.9 Å². The first-order valence-corrected chi connectivity index (χ1v) is 6.48. The second-order valence-electron chi connectivity index (χ2n) is 4.89. The van der Waals surface area contributed by atoms with E-state index in [0.29, 0.717) is 23.7 Å². The third-order valence-corrected chi connectivity index (χ3v) is 3.52. The second kappa shape index (κ2) is 5.96. The molecule has 1 fully saturated rings. The average molecular weight is 250 g/mol. The molecule has 1 amide bonds. The Morgan fingerprint density at radius 1 is 1.33 bits per heavy atom. The lowest BCUT2D eigenvalue weighted by molar-refractivity contribution is 0.1000. The number of nitrogens with one attached hydrogen (secondary N) is 1. The summed E-state index contributed by atoms with van der Waals surface area (Å²) in [6, 6.07) is 4.73. The molecule has 0 spiro atoms. The molecule has 4 heteroatoms. The molecule has 0 atom stereocenters.